The van der Waals surface area contributed by atoms with Gasteiger partial charge >= 0.3 is 0 Å². The van der Waals surface area contributed by atoms with Gasteiger partial charge in [0.2, 0.25) is 0 Å². The Morgan fingerprint density at radius 3 is 2.45 bits per heavy atom. The van der Waals surface area contributed by atoms with E-state index in [2.05, 4.69) is 4.90 Å². The molecule has 22 heavy (non-hydrogen) atoms. The maximum atomic E-state index is 6.29. The van der Waals surface area contributed by atoms with Gasteiger partial charge in [-0.2, -0.15) is 0 Å². The zero-order valence-electron chi connectivity index (χ0n) is 13.4. The molecule has 2 N–H and O–H groups in total. The monoisotopic (exact) mass is 300 g/mol. The number of ether oxygens (including phenoxy) is 1. The van der Waals surface area contributed by atoms with Crippen LogP contribution >= 0.6 is 0 Å². The van der Waals surface area contributed by atoms with Crippen LogP contribution in [0, 0.1) is 5.92 Å². The van der Waals surface area contributed by atoms with Gasteiger partial charge in [0.25, 0.3) is 0 Å². The highest BCUT2D eigenvalue weighted by Gasteiger charge is 2.44. The molecule has 1 aromatic carbocycles. The second-order valence-electron chi connectivity index (χ2n) is 7.44. The summed E-state index contributed by atoms with van der Waals surface area (Å²) in [5.41, 5.74) is 6.56. The zero-order valence-corrected chi connectivity index (χ0v) is 13.4. The van der Waals surface area contributed by atoms with Crippen LogP contribution in [0.25, 0.3) is 0 Å². The van der Waals surface area contributed by atoms with Crippen LogP contribution in [-0.4, -0.2) is 29.6 Å². The highest BCUT2D eigenvalue weighted by atomic mass is 16.5. The van der Waals surface area contributed by atoms with Gasteiger partial charge in [0.1, 0.15) is 11.9 Å². The first-order valence-electron chi connectivity index (χ1n) is 9.07. The molecule has 3 atom stereocenters. The average Bonchev–Trinajstić information content (AvgIpc) is 2.91. The Bertz CT molecular complexity index is 495. The van der Waals surface area contributed by atoms with Gasteiger partial charge in [-0.3, -0.25) is 4.90 Å². The van der Waals surface area contributed by atoms with Crippen LogP contribution in [0.5, 0.6) is 5.75 Å². The number of anilines is 1. The summed E-state index contributed by atoms with van der Waals surface area (Å²) in [7, 11) is 0. The fraction of sp³-hybridized carbons (Fsp3) is 0.684. The third kappa shape index (κ3) is 2.83. The van der Waals surface area contributed by atoms with Gasteiger partial charge in [-0.15, -0.1) is 0 Å². The van der Waals surface area contributed by atoms with E-state index in [1.807, 2.05) is 24.3 Å². The van der Waals surface area contributed by atoms with Crippen molar-refractivity contribution in [2.24, 2.45) is 5.92 Å². The summed E-state index contributed by atoms with van der Waals surface area (Å²) in [4.78, 5) is 2.84. The molecule has 1 aliphatic heterocycles. The molecule has 1 heterocycles. The summed E-state index contributed by atoms with van der Waals surface area (Å²) >= 11 is 0. The first-order chi connectivity index (χ1) is 10.8. The summed E-state index contributed by atoms with van der Waals surface area (Å²) in [5.74, 6) is 1.70. The Morgan fingerprint density at radius 1 is 0.909 bits per heavy atom. The van der Waals surface area contributed by atoms with Crippen LogP contribution < -0.4 is 10.5 Å². The van der Waals surface area contributed by atoms with E-state index in [1.165, 1.54) is 57.9 Å². The quantitative estimate of drug-likeness (QED) is 0.862. The topological polar surface area (TPSA) is 38.5 Å². The van der Waals surface area contributed by atoms with Crippen LogP contribution in [0.1, 0.15) is 51.4 Å². The molecular formula is C19H28N2O. The molecule has 3 unspecified atom stereocenters. The molecule has 4 rings (SSSR count). The minimum atomic E-state index is 0.397. The minimum absolute atomic E-state index is 0.397. The van der Waals surface area contributed by atoms with Crippen molar-refractivity contribution >= 4 is 5.69 Å². The van der Waals surface area contributed by atoms with E-state index in [1.54, 1.807) is 0 Å². The summed E-state index contributed by atoms with van der Waals surface area (Å²) in [6, 6.07) is 9.58. The van der Waals surface area contributed by atoms with E-state index in [0.29, 0.717) is 6.10 Å². The molecule has 2 bridgehead atoms. The third-order valence-corrected chi connectivity index (χ3v) is 6.01. The lowest BCUT2D eigenvalue weighted by molar-refractivity contribution is 0.111. The van der Waals surface area contributed by atoms with Crippen LogP contribution in [0.3, 0.4) is 0 Å². The molecule has 0 spiro atoms. The largest absolute Gasteiger partial charge is 0.490 e. The second-order valence-corrected chi connectivity index (χ2v) is 7.44. The normalized spacial score (nSPS) is 33.0. The Hall–Kier alpha value is -1.22. The van der Waals surface area contributed by atoms with Gasteiger partial charge in [0.05, 0.1) is 0 Å². The van der Waals surface area contributed by atoms with Crippen molar-refractivity contribution in [3.05, 3.63) is 24.3 Å². The standard InChI is InChI=1S/C19H28N2O/c20-15-6-9-18(10-7-15)22-19-11-8-17-12-14(19)13-21(17)16-4-2-1-3-5-16/h6-7,9-10,14,16-17,19H,1-5,8,11-13,20H2. The van der Waals surface area contributed by atoms with Crippen LogP contribution in [0.4, 0.5) is 5.69 Å². The molecule has 0 amide bonds. The summed E-state index contributed by atoms with van der Waals surface area (Å²) in [6.07, 6.45) is 11.4. The smallest absolute Gasteiger partial charge is 0.119 e. The second kappa shape index (κ2) is 6.11. The maximum absolute atomic E-state index is 6.29. The molecule has 3 heteroatoms. The zero-order chi connectivity index (χ0) is 14.9. The van der Waals surface area contributed by atoms with Crippen LogP contribution in [0.2, 0.25) is 0 Å². The number of benzene rings is 1. The molecule has 2 aliphatic carbocycles. The van der Waals surface area contributed by atoms with Crippen molar-refractivity contribution in [2.75, 3.05) is 12.3 Å². The molecule has 0 radical (unpaired) electrons. The minimum Gasteiger partial charge on any atom is -0.490 e. The van der Waals surface area contributed by atoms with Crippen molar-refractivity contribution in [2.45, 2.75) is 69.6 Å². The molecule has 3 nitrogen and oxygen atoms in total. The van der Waals surface area contributed by atoms with Crippen molar-refractivity contribution in [3.63, 3.8) is 0 Å². The number of rotatable bonds is 3. The van der Waals surface area contributed by atoms with E-state index in [4.69, 9.17) is 10.5 Å². The van der Waals surface area contributed by atoms with E-state index >= 15 is 0 Å². The molecular weight excluding hydrogens is 272 g/mol. The van der Waals surface area contributed by atoms with Gasteiger partial charge < -0.3 is 10.5 Å². The summed E-state index contributed by atoms with van der Waals surface area (Å²) < 4.78 is 6.29. The Kier molecular flexibility index (Phi) is 4.00. The number of fused-ring (bicyclic) bond motifs is 2. The first-order valence-corrected chi connectivity index (χ1v) is 9.07. The van der Waals surface area contributed by atoms with E-state index in [0.717, 1.165) is 29.4 Å². The van der Waals surface area contributed by atoms with Crippen LogP contribution in [-0.2, 0) is 0 Å². The van der Waals surface area contributed by atoms with Crippen molar-refractivity contribution in [3.8, 4) is 5.75 Å². The Morgan fingerprint density at radius 2 is 1.68 bits per heavy atom. The molecule has 3 fully saturated rings. The number of hydrogen-bond acceptors (Lipinski definition) is 3. The summed E-state index contributed by atoms with van der Waals surface area (Å²) in [5, 5.41) is 0. The molecule has 1 saturated heterocycles. The number of hydrogen-bond donors (Lipinski definition) is 1. The number of nitrogen functional groups attached to an aromatic ring is 1. The van der Waals surface area contributed by atoms with Crippen molar-refractivity contribution < 1.29 is 4.74 Å². The van der Waals surface area contributed by atoms with Gasteiger partial charge in [-0.25, -0.2) is 0 Å². The van der Waals surface area contributed by atoms with Crippen molar-refractivity contribution in [1.29, 1.82) is 0 Å². The molecule has 0 aromatic heterocycles. The van der Waals surface area contributed by atoms with Crippen LogP contribution in [0.15, 0.2) is 24.3 Å². The molecule has 3 aliphatic rings. The molecule has 1 aromatic rings. The lowest BCUT2D eigenvalue weighted by Gasteiger charge is -2.35. The fourth-order valence-corrected chi connectivity index (χ4v) is 4.86. The number of likely N-dealkylation sites (tertiary alicyclic amines) is 1. The average molecular weight is 300 g/mol. The molecule has 120 valence electrons. The van der Waals surface area contributed by atoms with E-state index in [-0.39, 0.29) is 0 Å². The Balaban J connectivity index is 1.40. The Labute approximate surface area is 133 Å². The van der Waals surface area contributed by atoms with Gasteiger partial charge in [-0.05, 0) is 56.4 Å². The number of nitrogens with zero attached hydrogens (tertiary/aromatic N) is 1. The van der Waals surface area contributed by atoms with Gasteiger partial charge in [-0.1, -0.05) is 19.3 Å². The lowest BCUT2D eigenvalue weighted by Crippen LogP contribution is -2.39. The maximum Gasteiger partial charge on any atom is 0.119 e. The predicted octanol–water partition coefficient (Wildman–Crippen LogP) is 3.83. The highest BCUT2D eigenvalue weighted by Crippen LogP contribution is 2.41. The summed E-state index contributed by atoms with van der Waals surface area (Å²) in [6.45, 7) is 1.26. The van der Waals surface area contributed by atoms with Gasteiger partial charge in [0.15, 0.2) is 0 Å². The van der Waals surface area contributed by atoms with Gasteiger partial charge in [0, 0.05) is 30.2 Å². The highest BCUT2D eigenvalue weighted by molar-refractivity contribution is 5.41. The van der Waals surface area contributed by atoms with Crippen molar-refractivity contribution in [1.82, 2.24) is 4.90 Å². The molecule has 2 saturated carbocycles. The fourth-order valence-electron chi connectivity index (χ4n) is 4.86. The first kappa shape index (κ1) is 14.4. The number of nitrogens with two attached hydrogens (primary N) is 1. The third-order valence-electron chi connectivity index (χ3n) is 6.01. The van der Waals surface area contributed by atoms with E-state index in [9.17, 15) is 0 Å². The van der Waals surface area contributed by atoms with E-state index < -0.39 is 0 Å². The lowest BCUT2D eigenvalue weighted by atomic mass is 9.87. The predicted molar refractivity (Wildman–Crippen MR) is 90.0 cm³/mol. The SMILES string of the molecule is Nc1ccc(OC2CCC3CC2CN3C2CCCCC2)cc1.